The number of fused-ring (bicyclic) bond motifs is 1. The molecule has 2 aliphatic heterocycles. The van der Waals surface area contributed by atoms with Crippen LogP contribution in [0.25, 0.3) is 17.2 Å². The summed E-state index contributed by atoms with van der Waals surface area (Å²) in [6.45, 7) is 4.88. The summed E-state index contributed by atoms with van der Waals surface area (Å²) < 4.78 is 21.0. The minimum atomic E-state index is -0.326. The van der Waals surface area contributed by atoms with Crippen LogP contribution in [0.2, 0.25) is 0 Å². The van der Waals surface area contributed by atoms with E-state index in [9.17, 15) is 4.39 Å². The number of imidazole rings is 1. The first-order valence-corrected chi connectivity index (χ1v) is 10.1. The minimum absolute atomic E-state index is 0.323. The number of hydrogen-bond acceptors (Lipinski definition) is 7. The van der Waals surface area contributed by atoms with Crippen LogP contribution < -0.4 is 15.5 Å². The number of ether oxygens (including phenoxy) is 1. The molecule has 2 N–H and O–H groups in total. The standard InChI is InChI=1S/C20H24FN7O/c21-14-3-4-18-23-12-16(28(18)13-14)20-25-17(24-15-2-1-5-22-11-15)10-19(26-20)27-6-8-29-9-7-27/h3-4,10,12-13,15,22H,1-2,5-9,11H2,(H,24,25,26)/t15-/m1/s1. The van der Waals surface area contributed by atoms with Crippen LogP contribution in [0.1, 0.15) is 12.8 Å². The average molecular weight is 397 g/mol. The van der Waals surface area contributed by atoms with E-state index in [2.05, 4.69) is 20.5 Å². The quantitative estimate of drug-likeness (QED) is 0.696. The van der Waals surface area contributed by atoms with Crippen molar-refractivity contribution in [3.05, 3.63) is 36.4 Å². The van der Waals surface area contributed by atoms with Crippen LogP contribution in [0.4, 0.5) is 16.0 Å². The van der Waals surface area contributed by atoms with Crippen molar-refractivity contribution in [3.8, 4) is 11.5 Å². The molecule has 3 aromatic rings. The summed E-state index contributed by atoms with van der Waals surface area (Å²) in [4.78, 5) is 16.1. The Hall–Kier alpha value is -2.78. The lowest BCUT2D eigenvalue weighted by molar-refractivity contribution is 0.122. The maximum atomic E-state index is 13.8. The Morgan fingerprint density at radius 3 is 2.93 bits per heavy atom. The molecule has 0 aliphatic carbocycles. The fourth-order valence-electron chi connectivity index (χ4n) is 3.88. The van der Waals surface area contributed by atoms with Crippen LogP contribution >= 0.6 is 0 Å². The van der Waals surface area contributed by atoms with Gasteiger partial charge in [-0.05, 0) is 31.5 Å². The highest BCUT2D eigenvalue weighted by Crippen LogP contribution is 2.25. The smallest absolute Gasteiger partial charge is 0.182 e. The number of aromatic nitrogens is 4. The molecule has 2 fully saturated rings. The molecule has 152 valence electrons. The van der Waals surface area contributed by atoms with Gasteiger partial charge in [-0.1, -0.05) is 0 Å². The van der Waals surface area contributed by atoms with Gasteiger partial charge in [0, 0.05) is 37.9 Å². The number of rotatable bonds is 4. The number of nitrogens with zero attached hydrogens (tertiary/aromatic N) is 5. The second-order valence-corrected chi connectivity index (χ2v) is 7.44. The number of piperidine rings is 1. The number of anilines is 2. The molecule has 9 heteroatoms. The summed E-state index contributed by atoms with van der Waals surface area (Å²) >= 11 is 0. The molecule has 5 heterocycles. The van der Waals surface area contributed by atoms with Crippen LogP contribution in [0.15, 0.2) is 30.6 Å². The summed E-state index contributed by atoms with van der Waals surface area (Å²) in [5, 5.41) is 6.96. The predicted octanol–water partition coefficient (Wildman–Crippen LogP) is 1.93. The molecule has 3 aromatic heterocycles. The largest absolute Gasteiger partial charge is 0.378 e. The molecule has 0 bridgehead atoms. The zero-order chi connectivity index (χ0) is 19.6. The van der Waals surface area contributed by atoms with E-state index in [1.54, 1.807) is 16.7 Å². The maximum Gasteiger partial charge on any atom is 0.182 e. The highest BCUT2D eigenvalue weighted by Gasteiger charge is 2.20. The highest BCUT2D eigenvalue weighted by atomic mass is 19.1. The van der Waals surface area contributed by atoms with E-state index in [0.717, 1.165) is 50.7 Å². The fourth-order valence-corrected chi connectivity index (χ4v) is 3.88. The van der Waals surface area contributed by atoms with Crippen molar-refractivity contribution >= 4 is 17.3 Å². The van der Waals surface area contributed by atoms with Crippen molar-refractivity contribution in [2.24, 2.45) is 0 Å². The van der Waals surface area contributed by atoms with Gasteiger partial charge in [0.05, 0.1) is 19.4 Å². The lowest BCUT2D eigenvalue weighted by Gasteiger charge is -2.29. The molecule has 8 nitrogen and oxygen atoms in total. The van der Waals surface area contributed by atoms with Crippen molar-refractivity contribution in [1.82, 2.24) is 24.7 Å². The van der Waals surface area contributed by atoms with Crippen LogP contribution in [0.5, 0.6) is 0 Å². The molecule has 0 saturated carbocycles. The monoisotopic (exact) mass is 397 g/mol. The molecule has 0 aromatic carbocycles. The molecule has 0 spiro atoms. The SMILES string of the molecule is Fc1ccc2ncc(-c3nc(N[C@@H]4CCCNC4)cc(N4CCOCC4)n3)n2c1. The molecule has 0 unspecified atom stereocenters. The molecule has 0 amide bonds. The summed E-state index contributed by atoms with van der Waals surface area (Å²) in [7, 11) is 0. The Balaban J connectivity index is 1.55. The molecular weight excluding hydrogens is 373 g/mol. The van der Waals surface area contributed by atoms with Crippen molar-refractivity contribution in [2.75, 3.05) is 49.6 Å². The number of nitrogens with one attached hydrogen (secondary N) is 2. The first-order chi connectivity index (χ1) is 14.3. The molecule has 29 heavy (non-hydrogen) atoms. The molecule has 0 radical (unpaired) electrons. The van der Waals surface area contributed by atoms with Gasteiger partial charge in [-0.25, -0.2) is 19.3 Å². The Labute approximate surface area is 168 Å². The third kappa shape index (κ3) is 3.88. The number of pyridine rings is 1. The molecular formula is C20H24FN7O. The normalized spacial score (nSPS) is 20.2. The predicted molar refractivity (Wildman–Crippen MR) is 109 cm³/mol. The lowest BCUT2D eigenvalue weighted by atomic mass is 10.1. The second kappa shape index (κ2) is 7.92. The number of hydrogen-bond donors (Lipinski definition) is 2. The fraction of sp³-hybridized carbons (Fsp3) is 0.450. The zero-order valence-electron chi connectivity index (χ0n) is 16.1. The minimum Gasteiger partial charge on any atom is -0.378 e. The molecule has 5 rings (SSSR count). The summed E-state index contributed by atoms with van der Waals surface area (Å²) in [5.74, 6) is 1.82. The third-order valence-electron chi connectivity index (χ3n) is 5.40. The van der Waals surface area contributed by atoms with Crippen molar-refractivity contribution in [3.63, 3.8) is 0 Å². The van der Waals surface area contributed by atoms with Crippen LogP contribution in [0.3, 0.4) is 0 Å². The van der Waals surface area contributed by atoms with Crippen LogP contribution in [0, 0.1) is 5.82 Å². The second-order valence-electron chi connectivity index (χ2n) is 7.44. The van der Waals surface area contributed by atoms with Gasteiger partial charge in [0.2, 0.25) is 0 Å². The van der Waals surface area contributed by atoms with Gasteiger partial charge in [0.15, 0.2) is 5.82 Å². The van der Waals surface area contributed by atoms with E-state index in [-0.39, 0.29) is 5.82 Å². The van der Waals surface area contributed by atoms with Gasteiger partial charge < -0.3 is 20.3 Å². The van der Waals surface area contributed by atoms with Gasteiger partial charge in [0.1, 0.15) is 28.8 Å². The third-order valence-corrected chi connectivity index (χ3v) is 5.40. The van der Waals surface area contributed by atoms with Gasteiger partial charge in [-0.2, -0.15) is 0 Å². The zero-order valence-corrected chi connectivity index (χ0v) is 16.1. The summed E-state index contributed by atoms with van der Waals surface area (Å²) in [6.07, 6.45) is 5.35. The van der Waals surface area contributed by atoms with Crippen molar-refractivity contribution in [2.45, 2.75) is 18.9 Å². The topological polar surface area (TPSA) is 79.6 Å². The Morgan fingerprint density at radius 1 is 1.21 bits per heavy atom. The van der Waals surface area contributed by atoms with Crippen molar-refractivity contribution < 1.29 is 9.13 Å². The van der Waals surface area contributed by atoms with E-state index < -0.39 is 0 Å². The Morgan fingerprint density at radius 2 is 2.10 bits per heavy atom. The van der Waals surface area contributed by atoms with Gasteiger partial charge in [-0.15, -0.1) is 0 Å². The number of halogens is 1. The van der Waals surface area contributed by atoms with E-state index in [1.807, 2.05) is 6.07 Å². The van der Waals surface area contributed by atoms with E-state index in [0.29, 0.717) is 36.4 Å². The van der Waals surface area contributed by atoms with Gasteiger partial charge in [-0.3, -0.25) is 4.40 Å². The number of morpholine rings is 1. The first kappa shape index (κ1) is 18.3. The van der Waals surface area contributed by atoms with E-state index in [4.69, 9.17) is 14.7 Å². The van der Waals surface area contributed by atoms with Crippen LogP contribution in [-0.4, -0.2) is 64.8 Å². The molecule has 1 atom stereocenters. The molecule has 2 saturated heterocycles. The summed E-state index contributed by atoms with van der Waals surface area (Å²) in [6, 6.07) is 5.37. The highest BCUT2D eigenvalue weighted by molar-refractivity contribution is 5.62. The molecule has 2 aliphatic rings. The Bertz CT molecular complexity index is 996. The maximum absolute atomic E-state index is 13.8. The van der Waals surface area contributed by atoms with Gasteiger partial charge >= 0.3 is 0 Å². The van der Waals surface area contributed by atoms with E-state index >= 15 is 0 Å². The Kier molecular flexibility index (Phi) is 4.99. The van der Waals surface area contributed by atoms with E-state index in [1.165, 1.54) is 12.3 Å². The summed E-state index contributed by atoms with van der Waals surface area (Å²) in [5.41, 5.74) is 1.33. The van der Waals surface area contributed by atoms with Gasteiger partial charge in [0.25, 0.3) is 0 Å². The lowest BCUT2D eigenvalue weighted by Crippen LogP contribution is -2.39. The van der Waals surface area contributed by atoms with Crippen molar-refractivity contribution in [1.29, 1.82) is 0 Å². The first-order valence-electron chi connectivity index (χ1n) is 10.1. The van der Waals surface area contributed by atoms with Crippen LogP contribution in [-0.2, 0) is 4.74 Å². The average Bonchev–Trinajstić information content (AvgIpc) is 3.18.